The van der Waals surface area contributed by atoms with Gasteiger partial charge in [0.2, 0.25) is 0 Å². The normalized spacial score (nSPS) is 14.1. The van der Waals surface area contributed by atoms with Crippen LogP contribution in [0, 0.1) is 0 Å². The van der Waals surface area contributed by atoms with Crippen molar-refractivity contribution in [3.63, 3.8) is 0 Å². The van der Waals surface area contributed by atoms with E-state index in [0.29, 0.717) is 23.2 Å². The molecule has 1 saturated carbocycles. The zero-order valence-electron chi connectivity index (χ0n) is 21.4. The number of carbonyl (C=O) groups is 2. The molecule has 0 unspecified atom stereocenters. The maximum atomic E-state index is 13.7. The van der Waals surface area contributed by atoms with E-state index < -0.39 is 5.97 Å². The van der Waals surface area contributed by atoms with Crippen LogP contribution >= 0.6 is 0 Å². The zero-order valence-corrected chi connectivity index (χ0v) is 21.4. The third-order valence-electron chi connectivity index (χ3n) is 6.93. The number of benzene rings is 3. The summed E-state index contributed by atoms with van der Waals surface area (Å²) in [6, 6.07) is 22.4. The largest absolute Gasteiger partial charge is 0.463 e. The van der Waals surface area contributed by atoms with E-state index in [-0.39, 0.29) is 17.5 Å². The predicted molar refractivity (Wildman–Crippen MR) is 150 cm³/mol. The average molecular weight is 510 g/mol. The highest BCUT2D eigenvalue weighted by molar-refractivity contribution is 6.06. The molecule has 5 rings (SSSR count). The number of para-hydroxylation sites is 1. The lowest BCUT2D eigenvalue weighted by atomic mass is 9.95. The number of anilines is 1. The Bertz CT molecular complexity index is 1530. The van der Waals surface area contributed by atoms with E-state index in [0.717, 1.165) is 42.5 Å². The van der Waals surface area contributed by atoms with Gasteiger partial charge < -0.3 is 10.1 Å². The van der Waals surface area contributed by atoms with Crippen LogP contribution in [0.25, 0.3) is 22.7 Å². The first-order valence-corrected chi connectivity index (χ1v) is 13.1. The number of rotatable bonds is 7. The molecule has 0 radical (unpaired) electrons. The molecule has 194 valence electrons. The Balaban J connectivity index is 1.43. The summed E-state index contributed by atoms with van der Waals surface area (Å²) in [6.45, 7) is 2.08. The maximum absolute atomic E-state index is 13.7. The molecule has 7 nitrogen and oxygen atoms in total. The summed E-state index contributed by atoms with van der Waals surface area (Å²) in [4.78, 5) is 38.3. The molecule has 3 aromatic carbocycles. The van der Waals surface area contributed by atoms with Crippen LogP contribution in [0.4, 0.5) is 5.69 Å². The van der Waals surface area contributed by atoms with Crippen LogP contribution in [0.3, 0.4) is 0 Å². The van der Waals surface area contributed by atoms with E-state index in [1.54, 1.807) is 54.1 Å². The number of hydrogen-bond acceptors (Lipinski definition) is 4. The first-order valence-electron chi connectivity index (χ1n) is 13.1. The van der Waals surface area contributed by atoms with Gasteiger partial charge in [-0.15, -0.1) is 0 Å². The third kappa shape index (κ3) is 5.32. The minimum absolute atomic E-state index is 0.121. The van der Waals surface area contributed by atoms with Gasteiger partial charge in [-0.3, -0.25) is 14.3 Å². The minimum Gasteiger partial charge on any atom is -0.463 e. The van der Waals surface area contributed by atoms with Gasteiger partial charge in [0.05, 0.1) is 29.2 Å². The Morgan fingerprint density at radius 2 is 1.71 bits per heavy atom. The molecule has 1 aliphatic carbocycles. The van der Waals surface area contributed by atoms with Gasteiger partial charge in [-0.25, -0.2) is 9.48 Å². The van der Waals surface area contributed by atoms with Gasteiger partial charge in [0.15, 0.2) is 0 Å². The molecule has 38 heavy (non-hydrogen) atoms. The fourth-order valence-electron chi connectivity index (χ4n) is 5.10. The van der Waals surface area contributed by atoms with Crippen LogP contribution in [0.1, 0.15) is 61.0 Å². The van der Waals surface area contributed by atoms with E-state index in [9.17, 15) is 14.4 Å². The van der Waals surface area contributed by atoms with Crippen LogP contribution < -0.4 is 10.9 Å². The lowest BCUT2D eigenvalue weighted by molar-refractivity contribution is -0.137. The molecule has 0 saturated heterocycles. The monoisotopic (exact) mass is 509 g/mol. The number of hydrogen-bond donors (Lipinski definition) is 1. The number of ether oxygens (including phenoxy) is 1. The second-order valence-corrected chi connectivity index (χ2v) is 9.48. The van der Waals surface area contributed by atoms with E-state index in [4.69, 9.17) is 4.74 Å². The number of amides is 1. The smallest absolute Gasteiger partial charge is 0.330 e. The Hall–Kier alpha value is -4.39. The highest BCUT2D eigenvalue weighted by atomic mass is 16.5. The van der Waals surface area contributed by atoms with E-state index in [1.165, 1.54) is 12.5 Å². The van der Waals surface area contributed by atoms with Crippen molar-refractivity contribution in [3.8, 4) is 5.69 Å². The molecule has 0 bridgehead atoms. The van der Waals surface area contributed by atoms with Gasteiger partial charge in [0.1, 0.15) is 0 Å². The molecule has 1 amide bonds. The maximum Gasteiger partial charge on any atom is 0.330 e. The van der Waals surface area contributed by atoms with Crippen molar-refractivity contribution in [1.82, 2.24) is 9.36 Å². The molecular weight excluding hydrogens is 478 g/mol. The van der Waals surface area contributed by atoms with Gasteiger partial charge in [0.25, 0.3) is 11.5 Å². The Morgan fingerprint density at radius 3 is 2.42 bits per heavy atom. The SMILES string of the molecule is CCOC(=O)/C=C/c1ccc(NC(=O)c2ccc3c(c2)c(=O)n(-c2ccccc2)n3C2CCCCC2)cc1. The standard InChI is InChI=1S/C31H31N3O4/c1-2-38-29(35)20-15-22-13-17-24(18-14-22)32-30(36)23-16-19-28-27(21-23)31(37)34(26-11-7-4-8-12-26)33(28)25-9-5-3-6-10-25/h4,7-8,11-21,25H,2-3,5-6,9-10H2,1H3,(H,32,36)/b20-15+. The van der Waals surface area contributed by atoms with Crippen LogP contribution in [0.2, 0.25) is 0 Å². The third-order valence-corrected chi connectivity index (χ3v) is 6.93. The summed E-state index contributed by atoms with van der Waals surface area (Å²) in [6.07, 6.45) is 8.60. The number of aromatic nitrogens is 2. The average Bonchev–Trinajstić information content (AvgIpc) is 3.25. The highest BCUT2D eigenvalue weighted by Crippen LogP contribution is 2.32. The zero-order chi connectivity index (χ0) is 26.5. The van der Waals surface area contributed by atoms with Gasteiger partial charge in [0, 0.05) is 17.3 Å². The first-order chi connectivity index (χ1) is 18.5. The molecule has 1 aromatic heterocycles. The van der Waals surface area contributed by atoms with Gasteiger partial charge in [-0.1, -0.05) is 49.6 Å². The predicted octanol–water partition coefficient (Wildman–Crippen LogP) is 6.13. The van der Waals surface area contributed by atoms with Crippen molar-refractivity contribution in [2.45, 2.75) is 45.1 Å². The van der Waals surface area contributed by atoms with Crippen molar-refractivity contribution in [3.05, 3.63) is 100 Å². The van der Waals surface area contributed by atoms with Crippen LogP contribution in [-0.4, -0.2) is 27.8 Å². The molecule has 1 fully saturated rings. The highest BCUT2D eigenvalue weighted by Gasteiger charge is 2.24. The van der Waals surface area contributed by atoms with Crippen LogP contribution in [0.5, 0.6) is 0 Å². The lowest BCUT2D eigenvalue weighted by Crippen LogP contribution is -2.25. The second-order valence-electron chi connectivity index (χ2n) is 9.48. The van der Waals surface area contributed by atoms with Gasteiger partial charge in [-0.2, -0.15) is 0 Å². The summed E-state index contributed by atoms with van der Waals surface area (Å²) in [5.41, 5.74) is 3.39. The Labute approximate surface area is 221 Å². The van der Waals surface area contributed by atoms with E-state index in [1.807, 2.05) is 36.4 Å². The molecule has 1 heterocycles. The molecule has 0 atom stereocenters. The molecule has 7 heteroatoms. The van der Waals surface area contributed by atoms with Crippen molar-refractivity contribution >= 4 is 34.5 Å². The fourth-order valence-corrected chi connectivity index (χ4v) is 5.10. The second kappa shape index (κ2) is 11.3. The van der Waals surface area contributed by atoms with Crippen LogP contribution in [-0.2, 0) is 9.53 Å². The summed E-state index contributed by atoms with van der Waals surface area (Å²) in [5.74, 6) is -0.693. The number of esters is 1. The van der Waals surface area contributed by atoms with Crippen molar-refractivity contribution in [2.75, 3.05) is 11.9 Å². The van der Waals surface area contributed by atoms with Crippen LogP contribution in [0.15, 0.2) is 83.7 Å². The molecule has 1 aliphatic rings. The van der Waals surface area contributed by atoms with Crippen molar-refractivity contribution in [2.24, 2.45) is 0 Å². The molecule has 1 N–H and O–H groups in total. The quantitative estimate of drug-likeness (QED) is 0.240. The van der Waals surface area contributed by atoms with Gasteiger partial charge in [-0.05, 0) is 73.9 Å². The van der Waals surface area contributed by atoms with Gasteiger partial charge >= 0.3 is 5.97 Å². The summed E-state index contributed by atoms with van der Waals surface area (Å²) in [7, 11) is 0. The number of fused-ring (bicyclic) bond motifs is 1. The van der Waals surface area contributed by atoms with E-state index in [2.05, 4.69) is 10.00 Å². The molecule has 0 spiro atoms. The van der Waals surface area contributed by atoms with E-state index >= 15 is 0 Å². The molecule has 4 aromatic rings. The molecule has 0 aliphatic heterocycles. The Kier molecular flexibility index (Phi) is 7.54. The summed E-state index contributed by atoms with van der Waals surface area (Å²) < 4.78 is 8.79. The lowest BCUT2D eigenvalue weighted by Gasteiger charge is -2.26. The number of nitrogens with zero attached hydrogens (tertiary/aromatic N) is 2. The molecular formula is C31H31N3O4. The van der Waals surface area contributed by atoms with Crippen molar-refractivity contribution in [1.29, 1.82) is 0 Å². The Morgan fingerprint density at radius 1 is 0.974 bits per heavy atom. The fraction of sp³-hybridized carbons (Fsp3) is 0.258. The number of nitrogens with one attached hydrogen (secondary N) is 1. The first kappa shape index (κ1) is 25.3. The summed E-state index contributed by atoms with van der Waals surface area (Å²) >= 11 is 0. The summed E-state index contributed by atoms with van der Waals surface area (Å²) in [5, 5.41) is 3.43. The minimum atomic E-state index is -0.399. The number of carbonyl (C=O) groups excluding carboxylic acids is 2. The topological polar surface area (TPSA) is 82.3 Å². The van der Waals surface area contributed by atoms with Crippen molar-refractivity contribution < 1.29 is 14.3 Å².